The van der Waals surface area contributed by atoms with Crippen molar-refractivity contribution in [3.8, 4) is 0 Å². The molecule has 4 heteroatoms. The van der Waals surface area contributed by atoms with Crippen molar-refractivity contribution < 1.29 is 9.59 Å². The van der Waals surface area contributed by atoms with Crippen LogP contribution in [0.4, 0.5) is 0 Å². The van der Waals surface area contributed by atoms with E-state index in [1.165, 1.54) is 12.8 Å². The van der Waals surface area contributed by atoms with Gasteiger partial charge in [-0.25, -0.2) is 0 Å². The number of hydrogen-bond acceptors (Lipinski definition) is 2. The van der Waals surface area contributed by atoms with Crippen molar-refractivity contribution in [2.75, 3.05) is 0 Å². The molecule has 0 aromatic rings. The van der Waals surface area contributed by atoms with Gasteiger partial charge < -0.3 is 11.5 Å². The van der Waals surface area contributed by atoms with Crippen LogP contribution in [-0.2, 0) is 9.59 Å². The first-order chi connectivity index (χ1) is 8.56. The molecule has 0 bridgehead atoms. The lowest BCUT2D eigenvalue weighted by Crippen LogP contribution is -2.48. The predicted molar refractivity (Wildman–Crippen MR) is 69.4 cm³/mol. The molecule has 0 radical (unpaired) electrons. The van der Waals surface area contributed by atoms with Crippen LogP contribution in [0.2, 0.25) is 0 Å². The van der Waals surface area contributed by atoms with E-state index < -0.39 is 0 Å². The average molecular weight is 252 g/mol. The summed E-state index contributed by atoms with van der Waals surface area (Å²) < 4.78 is 0. The van der Waals surface area contributed by atoms with Crippen molar-refractivity contribution in [1.82, 2.24) is 0 Å². The maximum Gasteiger partial charge on any atom is 0.223 e. The molecule has 2 saturated carbocycles. The highest BCUT2D eigenvalue weighted by Gasteiger charge is 2.48. The highest BCUT2D eigenvalue weighted by molar-refractivity contribution is 5.82. The lowest BCUT2D eigenvalue weighted by molar-refractivity contribution is -0.139. The van der Waals surface area contributed by atoms with Crippen molar-refractivity contribution in [2.24, 2.45) is 28.7 Å². The number of carbonyl (C=O) groups is 2. The van der Waals surface area contributed by atoms with Crippen LogP contribution in [0.15, 0.2) is 0 Å². The molecule has 102 valence electrons. The summed E-state index contributed by atoms with van der Waals surface area (Å²) in [6.07, 6.45) is 8.82. The van der Waals surface area contributed by atoms with E-state index >= 15 is 0 Å². The largest absolute Gasteiger partial charge is 0.369 e. The van der Waals surface area contributed by atoms with Crippen LogP contribution in [0.25, 0.3) is 0 Å². The third-order valence-corrected chi connectivity index (χ3v) is 5.11. The summed E-state index contributed by atoms with van der Waals surface area (Å²) in [6.45, 7) is 0. The summed E-state index contributed by atoms with van der Waals surface area (Å²) >= 11 is 0. The second-order valence-electron chi connectivity index (χ2n) is 6.04. The Morgan fingerprint density at radius 3 is 2.33 bits per heavy atom. The number of nitrogens with two attached hydrogens (primary N) is 2. The lowest BCUT2D eigenvalue weighted by Gasteiger charge is -2.45. The first kappa shape index (κ1) is 13.4. The lowest BCUT2D eigenvalue weighted by atomic mass is 9.58. The first-order valence-corrected chi connectivity index (χ1v) is 7.15. The predicted octanol–water partition coefficient (Wildman–Crippen LogP) is 1.71. The van der Waals surface area contributed by atoms with E-state index in [9.17, 15) is 9.59 Å². The molecule has 2 rings (SSSR count). The average Bonchev–Trinajstić information content (AvgIpc) is 2.29. The molecule has 18 heavy (non-hydrogen) atoms. The normalized spacial score (nSPS) is 37.1. The van der Waals surface area contributed by atoms with E-state index in [2.05, 4.69) is 0 Å². The molecule has 0 aromatic carbocycles. The van der Waals surface area contributed by atoms with Gasteiger partial charge in [0.05, 0.1) is 5.41 Å². The van der Waals surface area contributed by atoms with Crippen molar-refractivity contribution in [1.29, 1.82) is 0 Å². The van der Waals surface area contributed by atoms with Gasteiger partial charge in [0, 0.05) is 5.92 Å². The summed E-state index contributed by atoms with van der Waals surface area (Å²) in [5, 5.41) is 0. The van der Waals surface area contributed by atoms with Crippen molar-refractivity contribution >= 4 is 11.8 Å². The van der Waals surface area contributed by atoms with Crippen LogP contribution in [0.3, 0.4) is 0 Å². The SMILES string of the molecule is NC(=O)C1CCC2(C(N)=O)CCCCCCC2C1. The van der Waals surface area contributed by atoms with E-state index in [-0.39, 0.29) is 29.1 Å². The second kappa shape index (κ2) is 5.29. The third-order valence-electron chi connectivity index (χ3n) is 5.11. The highest BCUT2D eigenvalue weighted by atomic mass is 16.1. The highest BCUT2D eigenvalue weighted by Crippen LogP contribution is 2.50. The Morgan fingerprint density at radius 1 is 0.944 bits per heavy atom. The van der Waals surface area contributed by atoms with Gasteiger partial charge in [-0.2, -0.15) is 0 Å². The number of rotatable bonds is 2. The summed E-state index contributed by atoms with van der Waals surface area (Å²) in [5.41, 5.74) is 10.8. The van der Waals surface area contributed by atoms with Gasteiger partial charge in [-0.3, -0.25) is 9.59 Å². The van der Waals surface area contributed by atoms with Gasteiger partial charge in [-0.1, -0.05) is 25.7 Å². The molecule has 0 spiro atoms. The maximum atomic E-state index is 12.0. The maximum absolute atomic E-state index is 12.0. The first-order valence-electron chi connectivity index (χ1n) is 7.15. The quantitative estimate of drug-likeness (QED) is 0.784. The Hall–Kier alpha value is -1.06. The van der Waals surface area contributed by atoms with E-state index in [0.29, 0.717) is 0 Å². The molecular weight excluding hydrogens is 228 g/mol. The summed E-state index contributed by atoms with van der Waals surface area (Å²) in [6, 6.07) is 0. The topological polar surface area (TPSA) is 86.2 Å². The zero-order valence-corrected chi connectivity index (χ0v) is 11.0. The van der Waals surface area contributed by atoms with E-state index in [4.69, 9.17) is 11.5 Å². The van der Waals surface area contributed by atoms with Gasteiger partial charge in [0.2, 0.25) is 11.8 Å². The molecule has 3 atom stereocenters. The van der Waals surface area contributed by atoms with Crippen molar-refractivity contribution in [3.63, 3.8) is 0 Å². The number of amides is 2. The van der Waals surface area contributed by atoms with Crippen LogP contribution < -0.4 is 11.5 Å². The molecular formula is C14H24N2O2. The van der Waals surface area contributed by atoms with Gasteiger partial charge in [0.25, 0.3) is 0 Å². The second-order valence-corrected chi connectivity index (χ2v) is 6.04. The van der Waals surface area contributed by atoms with Gasteiger partial charge in [-0.05, 0) is 38.0 Å². The molecule has 2 fully saturated rings. The molecule has 0 heterocycles. The van der Waals surface area contributed by atoms with Gasteiger partial charge >= 0.3 is 0 Å². The van der Waals surface area contributed by atoms with Crippen molar-refractivity contribution in [2.45, 2.75) is 57.8 Å². The molecule has 4 N–H and O–H groups in total. The van der Waals surface area contributed by atoms with Crippen LogP contribution >= 0.6 is 0 Å². The molecule has 4 nitrogen and oxygen atoms in total. The van der Waals surface area contributed by atoms with Gasteiger partial charge in [0.1, 0.15) is 0 Å². The Labute approximate surface area is 108 Å². The summed E-state index contributed by atoms with van der Waals surface area (Å²) in [4.78, 5) is 23.3. The Bertz CT molecular complexity index is 343. The van der Waals surface area contributed by atoms with Crippen molar-refractivity contribution in [3.05, 3.63) is 0 Å². The molecule has 2 amide bonds. The minimum Gasteiger partial charge on any atom is -0.369 e. The zero-order valence-electron chi connectivity index (χ0n) is 11.0. The third kappa shape index (κ3) is 2.38. The molecule has 2 aliphatic rings. The zero-order chi connectivity index (χ0) is 13.2. The monoisotopic (exact) mass is 252 g/mol. The summed E-state index contributed by atoms with van der Waals surface area (Å²) in [7, 11) is 0. The van der Waals surface area contributed by atoms with Crippen LogP contribution in [0.1, 0.15) is 57.8 Å². The molecule has 0 aliphatic heterocycles. The molecule has 0 aromatic heterocycles. The fourth-order valence-electron chi connectivity index (χ4n) is 3.94. The minimum atomic E-state index is -0.355. The number of fused-ring (bicyclic) bond motifs is 1. The van der Waals surface area contributed by atoms with Gasteiger partial charge in [-0.15, -0.1) is 0 Å². The Kier molecular flexibility index (Phi) is 3.93. The van der Waals surface area contributed by atoms with Crippen LogP contribution in [0.5, 0.6) is 0 Å². The smallest absolute Gasteiger partial charge is 0.223 e. The van der Waals surface area contributed by atoms with Crippen LogP contribution in [0, 0.1) is 17.3 Å². The van der Waals surface area contributed by atoms with E-state index in [0.717, 1.165) is 44.9 Å². The standard InChI is InChI=1S/C14H24N2O2/c15-12(17)10-6-8-14(13(16)18)7-4-2-1-3-5-11(14)9-10/h10-11H,1-9H2,(H2,15,17)(H2,16,18). The molecule has 2 aliphatic carbocycles. The molecule has 3 unspecified atom stereocenters. The minimum absolute atomic E-state index is 0.0538. The number of carbonyl (C=O) groups excluding carboxylic acids is 2. The summed E-state index contributed by atoms with van der Waals surface area (Å²) in [5.74, 6) is -0.157. The fraction of sp³-hybridized carbons (Fsp3) is 0.857. The fourth-order valence-corrected chi connectivity index (χ4v) is 3.94. The molecule has 0 saturated heterocycles. The number of primary amides is 2. The number of hydrogen-bond donors (Lipinski definition) is 2. The van der Waals surface area contributed by atoms with E-state index in [1.807, 2.05) is 0 Å². The van der Waals surface area contributed by atoms with E-state index in [1.54, 1.807) is 0 Å². The Balaban J connectivity index is 2.20. The van der Waals surface area contributed by atoms with Crippen LogP contribution in [-0.4, -0.2) is 11.8 Å². The van der Waals surface area contributed by atoms with Gasteiger partial charge in [0.15, 0.2) is 0 Å². The Morgan fingerprint density at radius 2 is 1.67 bits per heavy atom.